The third kappa shape index (κ3) is 5.71. The van der Waals surface area contributed by atoms with Gasteiger partial charge in [0.15, 0.2) is 11.2 Å². The minimum Gasteiger partial charge on any atom is -0.406 e. The van der Waals surface area contributed by atoms with Crippen molar-refractivity contribution in [2.24, 2.45) is 7.05 Å². The van der Waals surface area contributed by atoms with Gasteiger partial charge in [-0.2, -0.15) is 0 Å². The van der Waals surface area contributed by atoms with Crippen LogP contribution < -0.4 is 16.0 Å². The number of imidazole rings is 1. The lowest BCUT2D eigenvalue weighted by atomic mass is 10.1. The largest absolute Gasteiger partial charge is 0.573 e. The van der Waals surface area contributed by atoms with Crippen molar-refractivity contribution < 1.29 is 22.3 Å². The van der Waals surface area contributed by atoms with Crippen LogP contribution in [0.3, 0.4) is 0 Å². The van der Waals surface area contributed by atoms with Gasteiger partial charge in [0.25, 0.3) is 5.56 Å². The third-order valence-electron chi connectivity index (χ3n) is 5.90. The van der Waals surface area contributed by atoms with E-state index in [9.17, 15) is 27.2 Å². The van der Waals surface area contributed by atoms with Crippen LogP contribution in [0, 0.1) is 5.82 Å². The molecule has 0 N–H and O–H groups in total. The average Bonchev–Trinajstić information content (AvgIpc) is 3.18. The number of aromatic nitrogens is 4. The number of hydrogen-bond donors (Lipinski definition) is 0. The number of fused-ring (bicyclic) bond motifs is 1. The summed E-state index contributed by atoms with van der Waals surface area (Å²) >= 11 is 5.99. The molecule has 2 heterocycles. The smallest absolute Gasteiger partial charge is 0.406 e. The van der Waals surface area contributed by atoms with Crippen LogP contribution in [0.25, 0.3) is 11.2 Å². The maximum absolute atomic E-state index is 14.7. The molecule has 4 aromatic rings. The monoisotopic (exact) mass is 538 g/mol. The molecule has 0 aliphatic carbocycles. The van der Waals surface area contributed by atoms with E-state index in [1.807, 2.05) is 6.92 Å². The van der Waals surface area contributed by atoms with Crippen molar-refractivity contribution in [2.45, 2.75) is 45.6 Å². The Balaban J connectivity index is 1.90. The zero-order valence-electron chi connectivity index (χ0n) is 20.0. The number of unbranched alkanes of at least 4 members (excludes halogenated alkanes) is 1. The molecule has 0 saturated heterocycles. The van der Waals surface area contributed by atoms with Crippen molar-refractivity contribution in [1.82, 2.24) is 18.7 Å². The maximum Gasteiger partial charge on any atom is 0.573 e. The summed E-state index contributed by atoms with van der Waals surface area (Å²) in [6.07, 6.45) is -3.83. The Morgan fingerprint density at radius 2 is 1.76 bits per heavy atom. The highest BCUT2D eigenvalue weighted by atomic mass is 35.5. The fourth-order valence-electron chi connectivity index (χ4n) is 4.06. The summed E-state index contributed by atoms with van der Waals surface area (Å²) in [5, 5.41) is 0.507. The van der Waals surface area contributed by atoms with E-state index in [2.05, 4.69) is 9.72 Å². The van der Waals surface area contributed by atoms with Crippen LogP contribution in [0.2, 0.25) is 5.02 Å². The van der Waals surface area contributed by atoms with E-state index in [1.165, 1.54) is 11.6 Å². The molecule has 0 atom stereocenters. The van der Waals surface area contributed by atoms with Gasteiger partial charge >= 0.3 is 12.1 Å². The van der Waals surface area contributed by atoms with Crippen molar-refractivity contribution in [2.75, 3.05) is 0 Å². The first-order valence-electron chi connectivity index (χ1n) is 11.5. The number of halogens is 5. The van der Waals surface area contributed by atoms with Gasteiger partial charge in [0.2, 0.25) is 0 Å². The summed E-state index contributed by atoms with van der Waals surface area (Å²) in [7, 11) is 1.48. The number of hydrogen-bond acceptors (Lipinski definition) is 4. The molecule has 196 valence electrons. The van der Waals surface area contributed by atoms with Gasteiger partial charge in [0, 0.05) is 31.6 Å². The maximum atomic E-state index is 14.7. The highest BCUT2D eigenvalue weighted by Gasteiger charge is 2.31. The van der Waals surface area contributed by atoms with Crippen molar-refractivity contribution >= 4 is 22.8 Å². The molecule has 37 heavy (non-hydrogen) atoms. The Hall–Kier alpha value is -3.60. The molecule has 2 aromatic carbocycles. The average molecular weight is 539 g/mol. The lowest BCUT2D eigenvalue weighted by Gasteiger charge is -2.13. The van der Waals surface area contributed by atoms with Gasteiger partial charge in [0.1, 0.15) is 17.4 Å². The van der Waals surface area contributed by atoms with E-state index in [1.54, 1.807) is 28.8 Å². The first-order chi connectivity index (χ1) is 17.5. The number of benzene rings is 2. The molecule has 0 aliphatic rings. The second kappa shape index (κ2) is 10.4. The van der Waals surface area contributed by atoms with Crippen molar-refractivity contribution in [1.29, 1.82) is 0 Å². The van der Waals surface area contributed by atoms with E-state index < -0.39 is 29.2 Å². The number of nitrogens with zero attached hydrogens (tertiary/aromatic N) is 4. The Morgan fingerprint density at radius 1 is 1.05 bits per heavy atom. The molecule has 7 nitrogen and oxygen atoms in total. The predicted octanol–water partition coefficient (Wildman–Crippen LogP) is 5.03. The SMILES string of the molecule is CCCCn1c(=O)c2c(nc(Cc3cc(OC(F)(F)F)ccc3F)n2Cc2ccc(Cl)cc2)n(C)c1=O. The molecule has 2 aromatic heterocycles. The lowest BCUT2D eigenvalue weighted by Crippen LogP contribution is -2.39. The van der Waals surface area contributed by atoms with E-state index >= 15 is 0 Å². The highest BCUT2D eigenvalue weighted by Crippen LogP contribution is 2.27. The first kappa shape index (κ1) is 26.5. The molecular weight excluding hydrogens is 516 g/mol. The summed E-state index contributed by atoms with van der Waals surface area (Å²) in [5.74, 6) is -1.17. The normalized spacial score (nSPS) is 11.9. The van der Waals surface area contributed by atoms with Crippen LogP contribution in [0.4, 0.5) is 17.6 Å². The Bertz CT molecular complexity index is 1560. The van der Waals surface area contributed by atoms with Gasteiger partial charge in [-0.3, -0.25) is 13.9 Å². The minimum absolute atomic E-state index is 0.0924. The van der Waals surface area contributed by atoms with Crippen LogP contribution in [-0.4, -0.2) is 25.0 Å². The number of aryl methyl sites for hydroxylation is 1. The summed E-state index contributed by atoms with van der Waals surface area (Å²) in [4.78, 5) is 30.8. The zero-order chi connectivity index (χ0) is 26.9. The Kier molecular flexibility index (Phi) is 7.44. The summed E-state index contributed by atoms with van der Waals surface area (Å²) < 4.78 is 60.7. The molecule has 0 amide bonds. The standard InChI is InChI=1S/C25H23ClF4N4O3/c1-3-4-11-33-23(35)21-22(32(2)24(33)36)31-20(34(21)14-15-5-7-17(26)8-6-15)13-16-12-18(9-10-19(16)27)37-25(28,29)30/h5-10,12H,3-4,11,13-14H2,1-2H3. The molecule has 12 heteroatoms. The molecule has 0 fully saturated rings. The van der Waals surface area contributed by atoms with Gasteiger partial charge in [-0.25, -0.2) is 14.2 Å². The molecular formula is C25H23ClF4N4O3. The molecule has 0 radical (unpaired) electrons. The molecule has 0 aliphatic heterocycles. The fourth-order valence-corrected chi connectivity index (χ4v) is 4.19. The third-order valence-corrected chi connectivity index (χ3v) is 6.15. The van der Waals surface area contributed by atoms with Gasteiger partial charge < -0.3 is 9.30 Å². The van der Waals surface area contributed by atoms with E-state index in [0.29, 0.717) is 11.4 Å². The van der Waals surface area contributed by atoms with Crippen LogP contribution in [0.5, 0.6) is 5.75 Å². The molecule has 0 unspecified atom stereocenters. The lowest BCUT2D eigenvalue weighted by molar-refractivity contribution is -0.274. The Morgan fingerprint density at radius 3 is 2.41 bits per heavy atom. The van der Waals surface area contributed by atoms with Crippen LogP contribution >= 0.6 is 11.6 Å². The Labute approximate surface area is 213 Å². The van der Waals surface area contributed by atoms with Crippen molar-refractivity contribution in [3.8, 4) is 5.75 Å². The van der Waals surface area contributed by atoms with Crippen molar-refractivity contribution in [3.63, 3.8) is 0 Å². The fraction of sp³-hybridized carbons (Fsp3) is 0.320. The second-order valence-electron chi connectivity index (χ2n) is 8.54. The predicted molar refractivity (Wildman–Crippen MR) is 131 cm³/mol. The molecule has 0 saturated carbocycles. The van der Waals surface area contributed by atoms with E-state index in [4.69, 9.17) is 11.6 Å². The van der Waals surface area contributed by atoms with Gasteiger partial charge in [-0.15, -0.1) is 13.2 Å². The first-order valence-corrected chi connectivity index (χ1v) is 11.8. The topological polar surface area (TPSA) is 71.1 Å². The van der Waals surface area contributed by atoms with E-state index in [-0.39, 0.29) is 42.1 Å². The zero-order valence-corrected chi connectivity index (χ0v) is 20.7. The minimum atomic E-state index is -4.95. The molecule has 0 bridgehead atoms. The van der Waals surface area contributed by atoms with Gasteiger partial charge in [-0.1, -0.05) is 37.1 Å². The second-order valence-corrected chi connectivity index (χ2v) is 8.98. The van der Waals surface area contributed by atoms with Gasteiger partial charge in [0.05, 0.1) is 0 Å². The van der Waals surface area contributed by atoms with Gasteiger partial charge in [-0.05, 0) is 47.9 Å². The summed E-state index contributed by atoms with van der Waals surface area (Å²) in [5.41, 5.74) is -0.242. The summed E-state index contributed by atoms with van der Waals surface area (Å²) in [6.45, 7) is 2.28. The van der Waals surface area contributed by atoms with Crippen LogP contribution in [-0.2, 0) is 26.6 Å². The number of rotatable bonds is 8. The molecule has 4 rings (SSSR count). The van der Waals surface area contributed by atoms with Crippen molar-refractivity contribution in [3.05, 3.63) is 91.1 Å². The summed E-state index contributed by atoms with van der Waals surface area (Å²) in [6, 6.07) is 9.51. The number of ether oxygens (including phenoxy) is 1. The van der Waals surface area contributed by atoms with Crippen LogP contribution in [0.15, 0.2) is 52.1 Å². The quantitative estimate of drug-likeness (QED) is 0.295. The van der Waals surface area contributed by atoms with E-state index in [0.717, 1.165) is 34.8 Å². The van der Waals surface area contributed by atoms with Crippen LogP contribution in [0.1, 0.15) is 36.7 Å². The number of alkyl halides is 3. The highest BCUT2D eigenvalue weighted by molar-refractivity contribution is 6.30. The molecule has 0 spiro atoms.